The van der Waals surface area contributed by atoms with Gasteiger partial charge in [0.2, 0.25) is 15.9 Å². The van der Waals surface area contributed by atoms with Crippen LogP contribution in [-0.4, -0.2) is 59.2 Å². The highest BCUT2D eigenvalue weighted by Gasteiger charge is 2.32. The maximum atomic E-state index is 13.2. The molecule has 34 heavy (non-hydrogen) atoms. The molecule has 0 bridgehead atoms. The third-order valence-corrected chi connectivity index (χ3v) is 8.01. The summed E-state index contributed by atoms with van der Waals surface area (Å²) in [5.74, 6) is 1.83. The maximum Gasteiger partial charge on any atom is 0.243 e. The Kier molecular flexibility index (Phi) is 7.47. The standard InChI is InChI=1S/C24H30N2O7S/c1-30-21-6-3-5-18(23(21)31-2)16-25-24(27)17-9-11-26(12-10-17)34(28,29)19-7-8-20-22(15-19)33-14-4-13-32-20/h3,5-8,15,17H,4,9-14,16H2,1-2H3,(H,25,27). The van der Waals surface area contributed by atoms with Crippen LogP contribution in [-0.2, 0) is 21.4 Å². The van der Waals surface area contributed by atoms with Crippen molar-refractivity contribution >= 4 is 15.9 Å². The normalized spacial score (nSPS) is 17.0. The highest BCUT2D eigenvalue weighted by atomic mass is 32.2. The van der Waals surface area contributed by atoms with E-state index in [0.29, 0.717) is 55.6 Å². The third-order valence-electron chi connectivity index (χ3n) is 6.12. The summed E-state index contributed by atoms with van der Waals surface area (Å²) >= 11 is 0. The lowest BCUT2D eigenvalue weighted by atomic mass is 9.97. The van der Waals surface area contributed by atoms with E-state index in [1.807, 2.05) is 12.1 Å². The molecule has 2 aliphatic heterocycles. The van der Waals surface area contributed by atoms with Gasteiger partial charge in [0.1, 0.15) is 0 Å². The molecule has 184 valence electrons. The van der Waals surface area contributed by atoms with E-state index in [0.717, 1.165) is 12.0 Å². The second kappa shape index (κ2) is 10.5. The Labute approximate surface area is 200 Å². The van der Waals surface area contributed by atoms with E-state index >= 15 is 0 Å². The van der Waals surface area contributed by atoms with Gasteiger partial charge in [-0.25, -0.2) is 8.42 Å². The van der Waals surface area contributed by atoms with E-state index in [-0.39, 0.29) is 29.8 Å². The number of piperidine rings is 1. The van der Waals surface area contributed by atoms with Crippen molar-refractivity contribution in [1.29, 1.82) is 0 Å². The van der Waals surface area contributed by atoms with Crippen LogP contribution in [0, 0.1) is 5.92 Å². The predicted molar refractivity (Wildman–Crippen MR) is 125 cm³/mol. The molecule has 2 aliphatic rings. The number of hydrogen-bond donors (Lipinski definition) is 1. The van der Waals surface area contributed by atoms with Crippen molar-refractivity contribution in [2.45, 2.75) is 30.7 Å². The number of ether oxygens (including phenoxy) is 4. The number of hydrogen-bond acceptors (Lipinski definition) is 7. The minimum Gasteiger partial charge on any atom is -0.493 e. The van der Waals surface area contributed by atoms with Gasteiger partial charge >= 0.3 is 0 Å². The van der Waals surface area contributed by atoms with Gasteiger partial charge in [-0.1, -0.05) is 12.1 Å². The Morgan fingerprint density at radius 3 is 2.50 bits per heavy atom. The van der Waals surface area contributed by atoms with E-state index < -0.39 is 10.0 Å². The molecule has 1 amide bonds. The van der Waals surface area contributed by atoms with Crippen molar-refractivity contribution in [2.75, 3.05) is 40.5 Å². The zero-order chi connectivity index (χ0) is 24.1. The van der Waals surface area contributed by atoms with Gasteiger partial charge in [0, 0.05) is 43.6 Å². The van der Waals surface area contributed by atoms with Gasteiger partial charge in [0.05, 0.1) is 32.3 Å². The molecule has 0 radical (unpaired) electrons. The van der Waals surface area contributed by atoms with Gasteiger partial charge in [-0.3, -0.25) is 4.79 Å². The van der Waals surface area contributed by atoms with E-state index in [2.05, 4.69) is 5.32 Å². The Balaban J connectivity index is 1.36. The second-order valence-electron chi connectivity index (χ2n) is 8.21. The van der Waals surface area contributed by atoms with Gasteiger partial charge in [0.15, 0.2) is 23.0 Å². The van der Waals surface area contributed by atoms with E-state index in [4.69, 9.17) is 18.9 Å². The van der Waals surface area contributed by atoms with Gasteiger partial charge < -0.3 is 24.3 Å². The fourth-order valence-corrected chi connectivity index (χ4v) is 5.72. The monoisotopic (exact) mass is 490 g/mol. The number of para-hydroxylation sites is 1. The average molecular weight is 491 g/mol. The highest BCUT2D eigenvalue weighted by molar-refractivity contribution is 7.89. The molecular formula is C24H30N2O7S. The topological polar surface area (TPSA) is 103 Å². The molecule has 1 saturated heterocycles. The van der Waals surface area contributed by atoms with Crippen molar-refractivity contribution < 1.29 is 32.2 Å². The molecule has 4 rings (SSSR count). The lowest BCUT2D eigenvalue weighted by molar-refractivity contribution is -0.126. The summed E-state index contributed by atoms with van der Waals surface area (Å²) < 4.78 is 49.7. The number of nitrogens with zero attached hydrogens (tertiary/aromatic N) is 1. The number of methoxy groups -OCH3 is 2. The van der Waals surface area contributed by atoms with E-state index in [1.54, 1.807) is 32.4 Å². The summed E-state index contributed by atoms with van der Waals surface area (Å²) in [6.07, 6.45) is 1.65. The average Bonchev–Trinajstić information content (AvgIpc) is 3.12. The number of carbonyl (C=O) groups excluding carboxylic acids is 1. The van der Waals surface area contributed by atoms with Crippen molar-refractivity contribution in [3.05, 3.63) is 42.0 Å². The van der Waals surface area contributed by atoms with E-state index in [9.17, 15) is 13.2 Å². The van der Waals surface area contributed by atoms with Crippen LogP contribution in [0.2, 0.25) is 0 Å². The van der Waals surface area contributed by atoms with Gasteiger partial charge in [0.25, 0.3) is 0 Å². The van der Waals surface area contributed by atoms with Crippen LogP contribution < -0.4 is 24.3 Å². The lowest BCUT2D eigenvalue weighted by Gasteiger charge is -2.30. The Bertz CT molecular complexity index is 1130. The number of carbonyl (C=O) groups is 1. The Morgan fingerprint density at radius 2 is 1.79 bits per heavy atom. The summed E-state index contributed by atoms with van der Waals surface area (Å²) in [5, 5.41) is 2.95. The molecule has 9 nitrogen and oxygen atoms in total. The summed E-state index contributed by atoms with van der Waals surface area (Å²) in [6.45, 7) is 1.88. The molecule has 2 aromatic carbocycles. The fraction of sp³-hybridized carbons (Fsp3) is 0.458. The third kappa shape index (κ3) is 5.07. The van der Waals surface area contributed by atoms with Crippen LogP contribution >= 0.6 is 0 Å². The van der Waals surface area contributed by atoms with Crippen molar-refractivity contribution in [1.82, 2.24) is 9.62 Å². The minimum absolute atomic E-state index is 0.0995. The second-order valence-corrected chi connectivity index (χ2v) is 10.1. The summed E-state index contributed by atoms with van der Waals surface area (Å²) in [4.78, 5) is 12.9. The molecule has 2 heterocycles. The number of amides is 1. The maximum absolute atomic E-state index is 13.2. The van der Waals surface area contributed by atoms with Crippen LogP contribution in [0.25, 0.3) is 0 Å². The first kappa shape index (κ1) is 24.2. The quantitative estimate of drug-likeness (QED) is 0.636. The molecule has 0 unspecified atom stereocenters. The lowest BCUT2D eigenvalue weighted by Crippen LogP contribution is -2.42. The van der Waals surface area contributed by atoms with Gasteiger partial charge in [-0.15, -0.1) is 0 Å². The smallest absolute Gasteiger partial charge is 0.243 e. The number of nitrogens with one attached hydrogen (secondary N) is 1. The molecule has 1 N–H and O–H groups in total. The van der Waals surface area contributed by atoms with Crippen molar-refractivity contribution in [3.63, 3.8) is 0 Å². The first-order valence-electron chi connectivity index (χ1n) is 11.3. The van der Waals surface area contributed by atoms with E-state index in [1.165, 1.54) is 10.4 Å². The summed E-state index contributed by atoms with van der Waals surface area (Å²) in [5.41, 5.74) is 0.810. The fourth-order valence-electron chi connectivity index (χ4n) is 4.23. The molecule has 1 fully saturated rings. The van der Waals surface area contributed by atoms with Crippen LogP contribution in [0.15, 0.2) is 41.3 Å². The van der Waals surface area contributed by atoms with Crippen LogP contribution in [0.4, 0.5) is 0 Å². The van der Waals surface area contributed by atoms with Crippen LogP contribution in [0.3, 0.4) is 0 Å². The summed E-state index contributed by atoms with van der Waals surface area (Å²) in [7, 11) is -0.571. The highest BCUT2D eigenvalue weighted by Crippen LogP contribution is 2.34. The summed E-state index contributed by atoms with van der Waals surface area (Å²) in [6, 6.07) is 10.2. The number of fused-ring (bicyclic) bond motifs is 1. The van der Waals surface area contributed by atoms with Gasteiger partial charge in [-0.05, 0) is 31.0 Å². The van der Waals surface area contributed by atoms with Gasteiger partial charge in [-0.2, -0.15) is 4.31 Å². The number of rotatable bonds is 7. The van der Waals surface area contributed by atoms with Crippen molar-refractivity contribution in [2.24, 2.45) is 5.92 Å². The zero-order valence-corrected chi connectivity index (χ0v) is 20.2. The molecular weight excluding hydrogens is 460 g/mol. The number of benzene rings is 2. The predicted octanol–water partition coefficient (Wildman–Crippen LogP) is 2.58. The van der Waals surface area contributed by atoms with Crippen LogP contribution in [0.1, 0.15) is 24.8 Å². The van der Waals surface area contributed by atoms with Crippen molar-refractivity contribution in [3.8, 4) is 23.0 Å². The zero-order valence-electron chi connectivity index (χ0n) is 19.4. The first-order chi connectivity index (χ1) is 16.4. The van der Waals surface area contributed by atoms with Crippen LogP contribution in [0.5, 0.6) is 23.0 Å². The molecule has 0 aromatic heterocycles. The largest absolute Gasteiger partial charge is 0.493 e. The molecule has 0 atom stereocenters. The Hall–Kier alpha value is -2.98. The molecule has 2 aromatic rings. The Morgan fingerprint density at radius 1 is 1.06 bits per heavy atom. The molecule has 10 heteroatoms. The minimum atomic E-state index is -3.69. The SMILES string of the molecule is COc1cccc(CNC(=O)C2CCN(S(=O)(=O)c3ccc4c(c3)OCCCO4)CC2)c1OC. The first-order valence-corrected chi connectivity index (χ1v) is 12.8. The number of sulfonamides is 1. The molecule has 0 aliphatic carbocycles. The molecule has 0 saturated carbocycles. The molecule has 0 spiro atoms.